The molecular formula is C28H32O4. The number of unbranched alkanes of at least 4 members (excludes halogenated alkanes) is 1. The highest BCUT2D eigenvalue weighted by Gasteiger charge is 2.24. The third kappa shape index (κ3) is 5.62. The predicted molar refractivity (Wildman–Crippen MR) is 127 cm³/mol. The second-order valence-electron chi connectivity index (χ2n) is 8.87. The summed E-state index contributed by atoms with van der Waals surface area (Å²) in [6.45, 7) is 5.19. The number of aryl methyl sites for hydroxylation is 1. The first-order chi connectivity index (χ1) is 15.8. The highest BCUT2D eigenvalue weighted by molar-refractivity contribution is 5.78. The Balaban J connectivity index is 1.27. The maximum absolute atomic E-state index is 6.05. The summed E-state index contributed by atoms with van der Waals surface area (Å²) >= 11 is 0. The SMILES string of the molecule is CCCCc1cc(C2=CC=C(c3ccc(OCC4CO4)cc3)CC2)ccc1OCC1CO1. The van der Waals surface area contributed by atoms with Gasteiger partial charge in [0.05, 0.1) is 13.2 Å². The van der Waals surface area contributed by atoms with Gasteiger partial charge < -0.3 is 18.9 Å². The molecule has 1 aliphatic carbocycles. The molecule has 32 heavy (non-hydrogen) atoms. The number of allylic oxidation sites excluding steroid dienone is 4. The number of benzene rings is 2. The molecule has 0 radical (unpaired) electrons. The van der Waals surface area contributed by atoms with E-state index >= 15 is 0 Å². The standard InChI is InChI=1S/C28H32O4/c1-2-3-4-24-15-23(11-14-28(24)32-19-27-18-31-27)22-7-5-20(6-8-22)21-9-12-25(13-10-21)29-16-26-17-30-26/h5,7,9-15,26-27H,2-4,6,8,16-19H2,1H3. The van der Waals surface area contributed by atoms with Crippen LogP contribution in [0.3, 0.4) is 0 Å². The molecule has 2 unspecified atom stereocenters. The zero-order valence-corrected chi connectivity index (χ0v) is 18.8. The Morgan fingerprint density at radius 1 is 0.812 bits per heavy atom. The number of ether oxygens (including phenoxy) is 4. The Morgan fingerprint density at radius 3 is 2.06 bits per heavy atom. The van der Waals surface area contributed by atoms with Gasteiger partial charge in [0.2, 0.25) is 0 Å². The van der Waals surface area contributed by atoms with Crippen LogP contribution in [0.2, 0.25) is 0 Å². The van der Waals surface area contributed by atoms with Crippen LogP contribution in [0, 0.1) is 0 Å². The van der Waals surface area contributed by atoms with Crippen molar-refractivity contribution >= 4 is 11.1 Å². The molecule has 4 heteroatoms. The summed E-state index contributed by atoms with van der Waals surface area (Å²) in [6, 6.07) is 15.1. The molecule has 0 N–H and O–H groups in total. The molecule has 0 saturated carbocycles. The Bertz CT molecular complexity index is 981. The molecule has 2 saturated heterocycles. The molecule has 4 nitrogen and oxygen atoms in total. The second kappa shape index (κ2) is 9.93. The molecule has 2 aromatic rings. The van der Waals surface area contributed by atoms with Crippen molar-refractivity contribution in [2.45, 2.75) is 51.2 Å². The van der Waals surface area contributed by atoms with Gasteiger partial charge in [-0.3, -0.25) is 0 Å². The summed E-state index contributed by atoms with van der Waals surface area (Å²) < 4.78 is 22.3. The van der Waals surface area contributed by atoms with Gasteiger partial charge >= 0.3 is 0 Å². The van der Waals surface area contributed by atoms with E-state index in [2.05, 4.69) is 61.5 Å². The van der Waals surface area contributed by atoms with Gasteiger partial charge in [0, 0.05) is 0 Å². The van der Waals surface area contributed by atoms with Crippen LogP contribution in [-0.4, -0.2) is 38.6 Å². The van der Waals surface area contributed by atoms with Gasteiger partial charge in [-0.25, -0.2) is 0 Å². The third-order valence-electron chi connectivity index (χ3n) is 6.27. The lowest BCUT2D eigenvalue weighted by molar-refractivity contribution is 0.261. The van der Waals surface area contributed by atoms with Crippen molar-refractivity contribution in [2.75, 3.05) is 26.4 Å². The third-order valence-corrected chi connectivity index (χ3v) is 6.27. The second-order valence-corrected chi connectivity index (χ2v) is 8.87. The zero-order valence-electron chi connectivity index (χ0n) is 18.8. The van der Waals surface area contributed by atoms with Crippen LogP contribution in [0.15, 0.2) is 54.6 Å². The monoisotopic (exact) mass is 432 g/mol. The molecule has 0 amide bonds. The van der Waals surface area contributed by atoms with Crippen LogP contribution in [0.4, 0.5) is 0 Å². The molecule has 2 aliphatic heterocycles. The zero-order chi connectivity index (χ0) is 21.8. The number of epoxide rings is 2. The van der Waals surface area contributed by atoms with E-state index in [0.29, 0.717) is 13.2 Å². The van der Waals surface area contributed by atoms with Gasteiger partial charge in [0.1, 0.15) is 36.9 Å². The van der Waals surface area contributed by atoms with Crippen LogP contribution in [0.25, 0.3) is 11.1 Å². The van der Waals surface area contributed by atoms with Crippen LogP contribution in [0.5, 0.6) is 11.5 Å². The van der Waals surface area contributed by atoms with Crippen molar-refractivity contribution in [3.8, 4) is 11.5 Å². The van der Waals surface area contributed by atoms with Crippen LogP contribution in [-0.2, 0) is 15.9 Å². The van der Waals surface area contributed by atoms with Gasteiger partial charge in [-0.1, -0.05) is 43.7 Å². The lowest BCUT2D eigenvalue weighted by Crippen LogP contribution is -2.06. The topological polar surface area (TPSA) is 43.5 Å². The Morgan fingerprint density at radius 2 is 1.44 bits per heavy atom. The smallest absolute Gasteiger partial charge is 0.122 e. The van der Waals surface area contributed by atoms with E-state index in [-0.39, 0.29) is 12.2 Å². The molecule has 0 bridgehead atoms. The normalized spacial score (nSPS) is 21.5. The highest BCUT2D eigenvalue weighted by atomic mass is 16.6. The summed E-state index contributed by atoms with van der Waals surface area (Å²) in [5.74, 6) is 1.92. The quantitative estimate of drug-likeness (QED) is 0.418. The maximum Gasteiger partial charge on any atom is 0.122 e. The molecule has 2 heterocycles. The first kappa shape index (κ1) is 21.3. The predicted octanol–water partition coefficient (Wildman–Crippen LogP) is 5.85. The highest BCUT2D eigenvalue weighted by Crippen LogP contribution is 2.34. The van der Waals surface area contributed by atoms with Crippen molar-refractivity contribution in [3.63, 3.8) is 0 Å². The molecule has 0 aromatic heterocycles. The molecule has 2 atom stereocenters. The summed E-state index contributed by atoms with van der Waals surface area (Å²) in [4.78, 5) is 0. The molecule has 2 aromatic carbocycles. The minimum atomic E-state index is 0.283. The van der Waals surface area contributed by atoms with E-state index < -0.39 is 0 Å². The average Bonchev–Trinajstić information content (AvgIpc) is 3.76. The fourth-order valence-electron chi connectivity index (χ4n) is 4.07. The van der Waals surface area contributed by atoms with Crippen molar-refractivity contribution in [3.05, 3.63) is 71.3 Å². The summed E-state index contributed by atoms with van der Waals surface area (Å²) in [5, 5.41) is 0. The van der Waals surface area contributed by atoms with Crippen molar-refractivity contribution < 1.29 is 18.9 Å². The summed E-state index contributed by atoms with van der Waals surface area (Å²) in [6.07, 6.45) is 10.6. The number of hydrogen-bond donors (Lipinski definition) is 0. The van der Waals surface area contributed by atoms with Gasteiger partial charge in [0.15, 0.2) is 0 Å². The molecule has 0 spiro atoms. The minimum Gasteiger partial charge on any atom is -0.491 e. The van der Waals surface area contributed by atoms with Gasteiger partial charge in [-0.05, 0) is 77.8 Å². The fourth-order valence-corrected chi connectivity index (χ4v) is 4.07. The van der Waals surface area contributed by atoms with Crippen LogP contribution >= 0.6 is 0 Å². The van der Waals surface area contributed by atoms with Crippen molar-refractivity contribution in [1.29, 1.82) is 0 Å². The molecule has 3 aliphatic rings. The van der Waals surface area contributed by atoms with Gasteiger partial charge in [-0.2, -0.15) is 0 Å². The summed E-state index contributed by atoms with van der Waals surface area (Å²) in [5.41, 5.74) is 6.67. The van der Waals surface area contributed by atoms with Crippen LogP contribution < -0.4 is 9.47 Å². The summed E-state index contributed by atoms with van der Waals surface area (Å²) in [7, 11) is 0. The molecular weight excluding hydrogens is 400 g/mol. The van der Waals surface area contributed by atoms with Crippen molar-refractivity contribution in [2.24, 2.45) is 0 Å². The average molecular weight is 433 g/mol. The number of hydrogen-bond acceptors (Lipinski definition) is 4. The van der Waals surface area contributed by atoms with Crippen LogP contribution in [0.1, 0.15) is 49.3 Å². The van der Waals surface area contributed by atoms with Gasteiger partial charge in [0.25, 0.3) is 0 Å². The van der Waals surface area contributed by atoms with E-state index in [1.807, 2.05) is 0 Å². The van der Waals surface area contributed by atoms with Gasteiger partial charge in [-0.15, -0.1) is 0 Å². The van der Waals surface area contributed by atoms with E-state index in [1.165, 1.54) is 40.7 Å². The lowest BCUT2D eigenvalue weighted by Gasteiger charge is -2.18. The first-order valence-electron chi connectivity index (χ1n) is 11.9. The Kier molecular flexibility index (Phi) is 6.61. The first-order valence-corrected chi connectivity index (χ1v) is 11.9. The lowest BCUT2D eigenvalue weighted by atomic mass is 9.89. The Hall–Kier alpha value is -2.56. The number of rotatable bonds is 11. The minimum absolute atomic E-state index is 0.283. The fraction of sp³-hybridized carbons (Fsp3) is 0.429. The van der Waals surface area contributed by atoms with E-state index in [0.717, 1.165) is 44.0 Å². The largest absolute Gasteiger partial charge is 0.491 e. The van der Waals surface area contributed by atoms with E-state index in [9.17, 15) is 0 Å². The van der Waals surface area contributed by atoms with E-state index in [4.69, 9.17) is 18.9 Å². The van der Waals surface area contributed by atoms with E-state index in [1.54, 1.807) is 0 Å². The maximum atomic E-state index is 6.05. The van der Waals surface area contributed by atoms with Crippen molar-refractivity contribution in [1.82, 2.24) is 0 Å². The molecule has 5 rings (SSSR count). The molecule has 2 fully saturated rings. The Labute approximate surface area is 190 Å². The molecule has 168 valence electrons.